The van der Waals surface area contributed by atoms with Crippen molar-refractivity contribution >= 4 is 40.7 Å². The summed E-state index contributed by atoms with van der Waals surface area (Å²) in [6.07, 6.45) is 0.146. The van der Waals surface area contributed by atoms with Gasteiger partial charge in [0, 0.05) is 25.7 Å². The van der Waals surface area contributed by atoms with Crippen molar-refractivity contribution < 1.29 is 14.0 Å². The minimum absolute atomic E-state index is 0.146. The van der Waals surface area contributed by atoms with Gasteiger partial charge in [-0.3, -0.25) is 9.59 Å². The van der Waals surface area contributed by atoms with Gasteiger partial charge in [0.15, 0.2) is 0 Å². The van der Waals surface area contributed by atoms with Crippen LogP contribution in [0.25, 0.3) is 0 Å². The van der Waals surface area contributed by atoms with Crippen LogP contribution in [0.2, 0.25) is 10.0 Å². The molecule has 0 aromatic heterocycles. The Morgan fingerprint density at radius 3 is 2.36 bits per heavy atom. The number of hydrogen-bond donors (Lipinski definition) is 1. The maximum absolute atomic E-state index is 12.9. The highest BCUT2D eigenvalue weighted by molar-refractivity contribution is 6.42. The molecule has 0 aliphatic heterocycles. The van der Waals surface area contributed by atoms with Crippen LogP contribution in [0.4, 0.5) is 10.1 Å². The van der Waals surface area contributed by atoms with Gasteiger partial charge >= 0.3 is 0 Å². The first-order valence-corrected chi connectivity index (χ1v) is 8.36. The van der Waals surface area contributed by atoms with Crippen LogP contribution in [0.1, 0.15) is 12.5 Å². The molecule has 0 heterocycles. The molecule has 0 atom stereocenters. The Hall–Kier alpha value is -2.11. The molecule has 132 valence electrons. The number of amides is 2. The average molecular weight is 383 g/mol. The van der Waals surface area contributed by atoms with Crippen LogP contribution in [-0.4, -0.2) is 24.9 Å². The first-order chi connectivity index (χ1) is 11.9. The van der Waals surface area contributed by atoms with Gasteiger partial charge in [0.25, 0.3) is 0 Å². The Morgan fingerprint density at radius 1 is 1.08 bits per heavy atom. The lowest BCUT2D eigenvalue weighted by atomic mass is 10.1. The number of anilines is 1. The first-order valence-electron chi connectivity index (χ1n) is 7.61. The predicted molar refractivity (Wildman–Crippen MR) is 97.6 cm³/mol. The SMILES string of the molecule is CC(=O)N(CCNC(=O)Cc1ccc(F)cc1)c1ccc(Cl)c(Cl)c1. The molecule has 2 amide bonds. The molecule has 7 heteroatoms. The molecule has 0 radical (unpaired) electrons. The van der Waals surface area contributed by atoms with Crippen molar-refractivity contribution in [3.05, 3.63) is 63.9 Å². The van der Waals surface area contributed by atoms with E-state index in [1.165, 1.54) is 24.0 Å². The van der Waals surface area contributed by atoms with E-state index in [2.05, 4.69) is 5.32 Å². The molecule has 0 spiro atoms. The second-order valence-electron chi connectivity index (χ2n) is 5.42. The lowest BCUT2D eigenvalue weighted by Gasteiger charge is -2.22. The maximum Gasteiger partial charge on any atom is 0.224 e. The maximum atomic E-state index is 12.9. The summed E-state index contributed by atoms with van der Waals surface area (Å²) in [4.78, 5) is 25.3. The number of carbonyl (C=O) groups is 2. The highest BCUT2D eigenvalue weighted by Gasteiger charge is 2.13. The van der Waals surface area contributed by atoms with Crippen molar-refractivity contribution in [2.45, 2.75) is 13.3 Å². The van der Waals surface area contributed by atoms with E-state index in [-0.39, 0.29) is 30.6 Å². The number of halogens is 3. The van der Waals surface area contributed by atoms with Crippen LogP contribution in [0.5, 0.6) is 0 Å². The van der Waals surface area contributed by atoms with Gasteiger partial charge in [0.2, 0.25) is 11.8 Å². The largest absolute Gasteiger partial charge is 0.354 e. The van der Waals surface area contributed by atoms with Crippen LogP contribution < -0.4 is 10.2 Å². The minimum Gasteiger partial charge on any atom is -0.354 e. The standard InChI is InChI=1S/C18H17Cl2FN2O2/c1-12(24)23(15-6-7-16(19)17(20)11-15)9-8-22-18(25)10-13-2-4-14(21)5-3-13/h2-7,11H,8-10H2,1H3,(H,22,25). The van der Waals surface area contributed by atoms with Gasteiger partial charge in [0.1, 0.15) is 5.82 Å². The van der Waals surface area contributed by atoms with E-state index in [1.54, 1.807) is 30.3 Å². The Labute approximate surface area is 155 Å². The highest BCUT2D eigenvalue weighted by Crippen LogP contribution is 2.27. The van der Waals surface area contributed by atoms with Crippen LogP contribution >= 0.6 is 23.2 Å². The van der Waals surface area contributed by atoms with E-state index in [0.29, 0.717) is 27.8 Å². The minimum atomic E-state index is -0.345. The van der Waals surface area contributed by atoms with E-state index in [1.807, 2.05) is 0 Å². The third-order valence-electron chi connectivity index (χ3n) is 3.53. The van der Waals surface area contributed by atoms with Gasteiger partial charge in [-0.15, -0.1) is 0 Å². The van der Waals surface area contributed by atoms with Crippen LogP contribution in [-0.2, 0) is 16.0 Å². The summed E-state index contributed by atoms with van der Waals surface area (Å²) >= 11 is 11.9. The highest BCUT2D eigenvalue weighted by atomic mass is 35.5. The number of nitrogens with zero attached hydrogens (tertiary/aromatic N) is 1. The molecule has 0 saturated carbocycles. The Balaban J connectivity index is 1.90. The zero-order valence-electron chi connectivity index (χ0n) is 13.6. The van der Waals surface area contributed by atoms with Crippen molar-refractivity contribution in [2.24, 2.45) is 0 Å². The van der Waals surface area contributed by atoms with Crippen LogP contribution in [0.15, 0.2) is 42.5 Å². The molecule has 0 bridgehead atoms. The molecule has 1 N–H and O–H groups in total. The molecule has 0 aliphatic rings. The zero-order valence-corrected chi connectivity index (χ0v) is 15.1. The number of benzene rings is 2. The third kappa shape index (κ3) is 5.73. The van der Waals surface area contributed by atoms with E-state index >= 15 is 0 Å². The van der Waals surface area contributed by atoms with E-state index in [0.717, 1.165) is 0 Å². The van der Waals surface area contributed by atoms with E-state index in [9.17, 15) is 14.0 Å². The topological polar surface area (TPSA) is 49.4 Å². The molecular weight excluding hydrogens is 366 g/mol. The fourth-order valence-corrected chi connectivity index (χ4v) is 2.57. The predicted octanol–water partition coefficient (Wildman–Crippen LogP) is 3.84. The first kappa shape index (κ1) is 19.2. The summed E-state index contributed by atoms with van der Waals surface area (Å²) in [5.74, 6) is -0.724. The second-order valence-corrected chi connectivity index (χ2v) is 6.24. The molecular formula is C18H17Cl2FN2O2. The molecule has 4 nitrogen and oxygen atoms in total. The smallest absolute Gasteiger partial charge is 0.224 e. The lowest BCUT2D eigenvalue weighted by Crippen LogP contribution is -2.38. The fraction of sp³-hybridized carbons (Fsp3) is 0.222. The van der Waals surface area contributed by atoms with Crippen molar-refractivity contribution in [2.75, 3.05) is 18.0 Å². The van der Waals surface area contributed by atoms with Crippen LogP contribution in [0.3, 0.4) is 0 Å². The number of carbonyl (C=O) groups excluding carboxylic acids is 2. The van der Waals surface area contributed by atoms with Gasteiger partial charge in [-0.25, -0.2) is 4.39 Å². The molecule has 0 saturated heterocycles. The molecule has 2 aromatic rings. The second kappa shape index (κ2) is 8.83. The number of nitrogens with one attached hydrogen (secondary N) is 1. The van der Waals surface area contributed by atoms with Crippen LogP contribution in [0, 0.1) is 5.82 Å². The summed E-state index contributed by atoms with van der Waals surface area (Å²) < 4.78 is 12.9. The third-order valence-corrected chi connectivity index (χ3v) is 4.27. The van der Waals surface area contributed by atoms with Crippen molar-refractivity contribution in [1.29, 1.82) is 0 Å². The van der Waals surface area contributed by atoms with Crippen molar-refractivity contribution in [1.82, 2.24) is 5.32 Å². The molecule has 25 heavy (non-hydrogen) atoms. The fourth-order valence-electron chi connectivity index (χ4n) is 2.28. The lowest BCUT2D eigenvalue weighted by molar-refractivity contribution is -0.121. The monoisotopic (exact) mass is 382 g/mol. The Kier molecular flexibility index (Phi) is 6.79. The molecule has 2 aromatic carbocycles. The average Bonchev–Trinajstić information content (AvgIpc) is 2.56. The normalized spacial score (nSPS) is 10.4. The van der Waals surface area contributed by atoms with Gasteiger partial charge in [-0.1, -0.05) is 35.3 Å². The van der Waals surface area contributed by atoms with Gasteiger partial charge < -0.3 is 10.2 Å². The summed E-state index contributed by atoms with van der Waals surface area (Å²) in [6.45, 7) is 2.01. The Bertz CT molecular complexity index is 766. The quantitative estimate of drug-likeness (QED) is 0.824. The van der Waals surface area contributed by atoms with E-state index in [4.69, 9.17) is 23.2 Å². The molecule has 2 rings (SSSR count). The molecule has 0 fully saturated rings. The zero-order chi connectivity index (χ0) is 18.4. The summed E-state index contributed by atoms with van der Waals surface area (Å²) in [7, 11) is 0. The molecule has 0 unspecified atom stereocenters. The van der Waals surface area contributed by atoms with Gasteiger partial charge in [0.05, 0.1) is 16.5 Å². The van der Waals surface area contributed by atoms with Gasteiger partial charge in [-0.2, -0.15) is 0 Å². The summed E-state index contributed by atoms with van der Waals surface area (Å²) in [5.41, 5.74) is 1.32. The van der Waals surface area contributed by atoms with E-state index < -0.39 is 0 Å². The van der Waals surface area contributed by atoms with Crippen molar-refractivity contribution in [3.63, 3.8) is 0 Å². The summed E-state index contributed by atoms with van der Waals surface area (Å²) in [5, 5.41) is 3.50. The Morgan fingerprint density at radius 2 is 1.76 bits per heavy atom. The molecule has 0 aliphatic carbocycles. The van der Waals surface area contributed by atoms with Crippen molar-refractivity contribution in [3.8, 4) is 0 Å². The van der Waals surface area contributed by atoms with Gasteiger partial charge in [-0.05, 0) is 35.9 Å². The number of rotatable bonds is 6. The summed E-state index contributed by atoms with van der Waals surface area (Å²) in [6, 6.07) is 10.7. The number of hydrogen-bond acceptors (Lipinski definition) is 2.